The Hall–Kier alpha value is -1.76. The zero-order valence-electron chi connectivity index (χ0n) is 11.2. The number of carboxylic acids is 1. The average Bonchev–Trinajstić information content (AvgIpc) is 2.85. The van der Waals surface area contributed by atoms with Crippen molar-refractivity contribution >= 4 is 17.3 Å². The Morgan fingerprint density at radius 3 is 2.60 bits per heavy atom. The highest BCUT2D eigenvalue weighted by atomic mass is 32.1. The molecule has 0 aliphatic rings. The van der Waals surface area contributed by atoms with Gasteiger partial charge in [0.25, 0.3) is 0 Å². The molecule has 0 amide bonds. The molecule has 1 heterocycles. The second-order valence-electron chi connectivity index (χ2n) is 4.09. The summed E-state index contributed by atoms with van der Waals surface area (Å²) in [6.07, 6.45) is -0.370. The maximum atomic E-state index is 11.2. The minimum Gasteiger partial charge on any atom is -0.477 e. The standard InChI is InChI=1S/C14H15NO4S/c1-18-8-10-12(14(16)17)20-13(15-10)11(19-2)9-6-4-3-5-7-9/h3-7,11H,8H2,1-2H3,(H,16,17). The van der Waals surface area contributed by atoms with Gasteiger partial charge in [0.2, 0.25) is 0 Å². The fourth-order valence-corrected chi connectivity index (χ4v) is 2.91. The lowest BCUT2D eigenvalue weighted by molar-refractivity contribution is 0.0697. The summed E-state index contributed by atoms with van der Waals surface area (Å²) in [4.78, 5) is 15.8. The lowest BCUT2D eigenvalue weighted by Crippen LogP contribution is -2.03. The van der Waals surface area contributed by atoms with Crippen molar-refractivity contribution in [3.63, 3.8) is 0 Å². The molecule has 0 saturated heterocycles. The summed E-state index contributed by atoms with van der Waals surface area (Å²) >= 11 is 1.12. The number of thiazole rings is 1. The second-order valence-corrected chi connectivity index (χ2v) is 5.12. The van der Waals surface area contributed by atoms with Gasteiger partial charge in [0.15, 0.2) is 0 Å². The van der Waals surface area contributed by atoms with Crippen LogP contribution in [0.4, 0.5) is 0 Å². The number of aromatic carboxylic acids is 1. The molecule has 1 N–H and O–H groups in total. The van der Waals surface area contributed by atoms with Gasteiger partial charge in [0.05, 0.1) is 12.3 Å². The van der Waals surface area contributed by atoms with Crippen LogP contribution < -0.4 is 0 Å². The van der Waals surface area contributed by atoms with Crippen molar-refractivity contribution in [2.45, 2.75) is 12.7 Å². The maximum absolute atomic E-state index is 11.2. The number of methoxy groups -OCH3 is 2. The van der Waals surface area contributed by atoms with E-state index in [0.717, 1.165) is 16.9 Å². The van der Waals surface area contributed by atoms with Gasteiger partial charge in [-0.15, -0.1) is 11.3 Å². The zero-order chi connectivity index (χ0) is 14.5. The molecular weight excluding hydrogens is 278 g/mol. The molecular formula is C14H15NO4S. The highest BCUT2D eigenvalue weighted by Gasteiger charge is 2.23. The van der Waals surface area contributed by atoms with Crippen molar-refractivity contribution < 1.29 is 19.4 Å². The lowest BCUT2D eigenvalue weighted by Gasteiger charge is -2.12. The van der Waals surface area contributed by atoms with Gasteiger partial charge in [-0.1, -0.05) is 30.3 Å². The molecule has 20 heavy (non-hydrogen) atoms. The number of hydrogen-bond donors (Lipinski definition) is 1. The Kier molecular flexibility index (Phi) is 4.84. The van der Waals surface area contributed by atoms with E-state index in [1.54, 1.807) is 7.11 Å². The first-order chi connectivity index (χ1) is 9.67. The molecule has 6 heteroatoms. The van der Waals surface area contributed by atoms with Gasteiger partial charge in [0, 0.05) is 14.2 Å². The summed E-state index contributed by atoms with van der Waals surface area (Å²) in [5.41, 5.74) is 1.36. The van der Waals surface area contributed by atoms with Crippen LogP contribution in [0.15, 0.2) is 30.3 Å². The van der Waals surface area contributed by atoms with Crippen molar-refractivity contribution in [3.8, 4) is 0 Å². The van der Waals surface area contributed by atoms with E-state index in [2.05, 4.69) is 4.98 Å². The number of aromatic nitrogens is 1. The topological polar surface area (TPSA) is 68.7 Å². The predicted octanol–water partition coefficient (Wildman–Crippen LogP) is 2.72. The molecule has 2 rings (SSSR count). The smallest absolute Gasteiger partial charge is 0.347 e. The minimum absolute atomic E-state index is 0.170. The lowest BCUT2D eigenvalue weighted by atomic mass is 10.1. The van der Waals surface area contributed by atoms with Crippen LogP contribution in [0.2, 0.25) is 0 Å². The van der Waals surface area contributed by atoms with E-state index < -0.39 is 5.97 Å². The van der Waals surface area contributed by atoms with Crippen LogP contribution in [0.1, 0.15) is 32.0 Å². The normalized spacial score (nSPS) is 12.3. The maximum Gasteiger partial charge on any atom is 0.347 e. The molecule has 0 saturated carbocycles. The summed E-state index contributed by atoms with van der Waals surface area (Å²) in [6, 6.07) is 9.57. The number of nitrogens with zero attached hydrogens (tertiary/aromatic N) is 1. The highest BCUT2D eigenvalue weighted by molar-refractivity contribution is 7.13. The summed E-state index contributed by atoms with van der Waals surface area (Å²) in [7, 11) is 3.09. The number of hydrogen-bond acceptors (Lipinski definition) is 5. The van der Waals surface area contributed by atoms with E-state index in [1.165, 1.54) is 7.11 Å². The third kappa shape index (κ3) is 3.04. The van der Waals surface area contributed by atoms with Crippen LogP contribution in [0.5, 0.6) is 0 Å². The van der Waals surface area contributed by atoms with E-state index in [4.69, 9.17) is 9.47 Å². The van der Waals surface area contributed by atoms with Gasteiger partial charge in [-0.05, 0) is 5.56 Å². The van der Waals surface area contributed by atoms with Gasteiger partial charge >= 0.3 is 5.97 Å². The summed E-state index contributed by atoms with van der Waals surface area (Å²) in [6.45, 7) is 0.170. The van der Waals surface area contributed by atoms with Gasteiger partial charge < -0.3 is 14.6 Å². The van der Waals surface area contributed by atoms with Gasteiger partial charge in [0.1, 0.15) is 16.0 Å². The summed E-state index contributed by atoms with van der Waals surface area (Å²) < 4.78 is 10.5. The van der Waals surface area contributed by atoms with Crippen molar-refractivity contribution in [1.29, 1.82) is 0 Å². The largest absolute Gasteiger partial charge is 0.477 e. The van der Waals surface area contributed by atoms with Crippen molar-refractivity contribution in [3.05, 3.63) is 51.5 Å². The number of carbonyl (C=O) groups is 1. The molecule has 1 unspecified atom stereocenters. The van der Waals surface area contributed by atoms with Crippen molar-refractivity contribution in [2.24, 2.45) is 0 Å². The Morgan fingerprint density at radius 2 is 2.05 bits per heavy atom. The Balaban J connectivity index is 2.40. The third-order valence-electron chi connectivity index (χ3n) is 2.75. The quantitative estimate of drug-likeness (QED) is 0.887. The summed E-state index contributed by atoms with van der Waals surface area (Å²) in [5.74, 6) is -0.997. The third-order valence-corrected chi connectivity index (χ3v) is 3.88. The number of carboxylic acid groups (broad SMARTS) is 1. The first-order valence-electron chi connectivity index (χ1n) is 5.97. The van der Waals surface area contributed by atoms with Crippen LogP contribution in [0.3, 0.4) is 0 Å². The average molecular weight is 293 g/mol. The van der Waals surface area contributed by atoms with Crippen molar-refractivity contribution in [2.75, 3.05) is 14.2 Å². The molecule has 1 atom stereocenters. The molecule has 0 radical (unpaired) electrons. The monoisotopic (exact) mass is 293 g/mol. The molecule has 106 valence electrons. The fourth-order valence-electron chi connectivity index (χ4n) is 1.89. The molecule has 2 aromatic rings. The number of benzene rings is 1. The second kappa shape index (κ2) is 6.60. The van der Waals surface area contributed by atoms with Gasteiger partial charge in [-0.2, -0.15) is 0 Å². The number of rotatable bonds is 6. The molecule has 0 fully saturated rings. The van der Waals surface area contributed by atoms with E-state index in [0.29, 0.717) is 10.7 Å². The SMILES string of the molecule is COCc1nc(C(OC)c2ccccc2)sc1C(=O)O. The zero-order valence-corrected chi connectivity index (χ0v) is 12.0. The van der Waals surface area contributed by atoms with Crippen LogP contribution in [-0.4, -0.2) is 30.3 Å². The van der Waals surface area contributed by atoms with Gasteiger partial charge in [-0.3, -0.25) is 0 Å². The number of ether oxygens (including phenoxy) is 2. The molecule has 1 aromatic heterocycles. The molecule has 0 aliphatic heterocycles. The van der Waals surface area contributed by atoms with Crippen LogP contribution in [0, 0.1) is 0 Å². The summed E-state index contributed by atoms with van der Waals surface area (Å²) in [5, 5.41) is 9.82. The van der Waals surface area contributed by atoms with Gasteiger partial charge in [-0.25, -0.2) is 9.78 Å². The highest BCUT2D eigenvalue weighted by Crippen LogP contribution is 2.31. The molecule has 1 aromatic carbocycles. The van der Waals surface area contributed by atoms with E-state index in [-0.39, 0.29) is 17.6 Å². The molecule has 0 aliphatic carbocycles. The first kappa shape index (κ1) is 14.6. The molecule has 5 nitrogen and oxygen atoms in total. The Labute approximate surface area is 120 Å². The fraction of sp³-hybridized carbons (Fsp3) is 0.286. The van der Waals surface area contributed by atoms with Crippen LogP contribution in [-0.2, 0) is 16.1 Å². The Bertz CT molecular complexity index is 582. The van der Waals surface area contributed by atoms with Crippen LogP contribution in [0.25, 0.3) is 0 Å². The van der Waals surface area contributed by atoms with E-state index >= 15 is 0 Å². The van der Waals surface area contributed by atoms with E-state index in [1.807, 2.05) is 30.3 Å². The van der Waals surface area contributed by atoms with E-state index in [9.17, 15) is 9.90 Å². The minimum atomic E-state index is -0.997. The predicted molar refractivity (Wildman–Crippen MR) is 75.1 cm³/mol. The van der Waals surface area contributed by atoms with Crippen LogP contribution >= 0.6 is 11.3 Å². The first-order valence-corrected chi connectivity index (χ1v) is 6.78. The molecule has 0 bridgehead atoms. The molecule has 0 spiro atoms. The van der Waals surface area contributed by atoms with Crippen molar-refractivity contribution in [1.82, 2.24) is 4.98 Å². The Morgan fingerprint density at radius 1 is 1.35 bits per heavy atom.